The van der Waals surface area contributed by atoms with Gasteiger partial charge in [0.05, 0.1) is 11.5 Å². The number of benzene rings is 1. The summed E-state index contributed by atoms with van der Waals surface area (Å²) < 4.78 is 46.1. The van der Waals surface area contributed by atoms with Crippen LogP contribution in [0.2, 0.25) is 0 Å². The van der Waals surface area contributed by atoms with Crippen molar-refractivity contribution in [2.24, 2.45) is 0 Å². The zero-order valence-electron chi connectivity index (χ0n) is 13.9. The number of rotatable bonds is 10. The van der Waals surface area contributed by atoms with Crippen LogP contribution in [-0.2, 0) is 10.0 Å². The lowest BCUT2D eigenvalue weighted by Crippen LogP contribution is -2.26. The van der Waals surface area contributed by atoms with Gasteiger partial charge in [0.2, 0.25) is 10.0 Å². The molecular formula is C17H22FNO4S2. The van der Waals surface area contributed by atoms with Gasteiger partial charge >= 0.3 is 0 Å². The molecule has 0 unspecified atom stereocenters. The second-order valence-electron chi connectivity index (χ2n) is 5.48. The van der Waals surface area contributed by atoms with Crippen LogP contribution >= 0.6 is 11.3 Å². The van der Waals surface area contributed by atoms with Gasteiger partial charge in [0.25, 0.3) is 0 Å². The molecule has 1 aromatic heterocycles. The van der Waals surface area contributed by atoms with Crippen molar-refractivity contribution in [3.63, 3.8) is 0 Å². The summed E-state index contributed by atoms with van der Waals surface area (Å²) in [6.45, 7) is 2.27. The molecule has 5 nitrogen and oxygen atoms in total. The summed E-state index contributed by atoms with van der Waals surface area (Å²) in [6.07, 6.45) is 1.12. The third-order valence-corrected chi connectivity index (χ3v) is 5.95. The quantitative estimate of drug-likeness (QED) is 0.657. The summed E-state index contributed by atoms with van der Waals surface area (Å²) in [4.78, 5) is -0.136. The second kappa shape index (κ2) is 9.28. The molecule has 0 bridgehead atoms. The van der Waals surface area contributed by atoms with E-state index in [9.17, 15) is 17.9 Å². The van der Waals surface area contributed by atoms with E-state index >= 15 is 0 Å². The molecule has 1 aromatic carbocycles. The fraction of sp³-hybridized carbons (Fsp3) is 0.412. The zero-order chi connectivity index (χ0) is 18.3. The van der Waals surface area contributed by atoms with Crippen LogP contribution in [0.15, 0.2) is 39.9 Å². The van der Waals surface area contributed by atoms with Gasteiger partial charge in [0, 0.05) is 13.2 Å². The van der Waals surface area contributed by atoms with E-state index in [1.165, 1.54) is 12.1 Å². The summed E-state index contributed by atoms with van der Waals surface area (Å²) in [7, 11) is -3.80. The van der Waals surface area contributed by atoms with Gasteiger partial charge < -0.3 is 9.84 Å². The first-order valence-corrected chi connectivity index (χ1v) is 10.5. The Bertz CT molecular complexity index is 763. The molecule has 8 heteroatoms. The van der Waals surface area contributed by atoms with Crippen molar-refractivity contribution in [2.75, 3.05) is 19.8 Å². The number of nitrogens with one attached hydrogen (secondary N) is 1. The maximum atomic E-state index is 13.9. The van der Waals surface area contributed by atoms with Gasteiger partial charge in [-0.2, -0.15) is 11.3 Å². The smallest absolute Gasteiger partial charge is 0.240 e. The molecule has 0 saturated heterocycles. The van der Waals surface area contributed by atoms with Crippen molar-refractivity contribution in [1.29, 1.82) is 0 Å². The molecular weight excluding hydrogens is 365 g/mol. The number of hydrogen-bond acceptors (Lipinski definition) is 5. The SMILES string of the molecule is CCOc1ccc(S(=O)(=O)NCC[C@@H](CCO)c2ccsc2)cc1F. The summed E-state index contributed by atoms with van der Waals surface area (Å²) in [6, 6.07) is 5.56. The molecule has 2 aromatic rings. The normalized spacial score (nSPS) is 12.9. The molecule has 1 atom stereocenters. The maximum absolute atomic E-state index is 13.9. The molecule has 2 N–H and O–H groups in total. The van der Waals surface area contributed by atoms with Crippen molar-refractivity contribution < 1.29 is 22.7 Å². The van der Waals surface area contributed by atoms with E-state index in [4.69, 9.17) is 4.74 Å². The van der Waals surface area contributed by atoms with Crippen LogP contribution in [0.25, 0.3) is 0 Å². The second-order valence-corrected chi connectivity index (χ2v) is 8.02. The summed E-state index contributed by atoms with van der Waals surface area (Å²) in [5, 5.41) is 13.1. The van der Waals surface area contributed by atoms with Crippen molar-refractivity contribution in [3.05, 3.63) is 46.4 Å². The number of halogens is 1. The molecule has 0 radical (unpaired) electrons. The monoisotopic (exact) mass is 387 g/mol. The molecule has 0 spiro atoms. The minimum Gasteiger partial charge on any atom is -0.491 e. The molecule has 1 heterocycles. The number of ether oxygens (including phenoxy) is 1. The van der Waals surface area contributed by atoms with E-state index in [1.54, 1.807) is 18.3 Å². The highest BCUT2D eigenvalue weighted by Gasteiger charge is 2.18. The first kappa shape index (κ1) is 19.8. The van der Waals surface area contributed by atoms with E-state index < -0.39 is 15.8 Å². The van der Waals surface area contributed by atoms with Crippen molar-refractivity contribution in [2.45, 2.75) is 30.6 Å². The molecule has 0 aliphatic rings. The molecule has 0 saturated carbocycles. The number of aliphatic hydroxyl groups excluding tert-OH is 1. The van der Waals surface area contributed by atoms with Gasteiger partial charge in [0.15, 0.2) is 11.6 Å². The van der Waals surface area contributed by atoms with Crippen molar-refractivity contribution in [3.8, 4) is 5.75 Å². The Morgan fingerprint density at radius 2 is 2.12 bits per heavy atom. The summed E-state index contributed by atoms with van der Waals surface area (Å²) in [5.74, 6) is -0.598. The Morgan fingerprint density at radius 1 is 1.32 bits per heavy atom. The predicted octanol–water partition coefficient (Wildman–Crippen LogP) is 3.12. The first-order valence-electron chi connectivity index (χ1n) is 8.03. The van der Waals surface area contributed by atoms with Gasteiger partial charge in [-0.1, -0.05) is 0 Å². The van der Waals surface area contributed by atoms with Gasteiger partial charge in [-0.05, 0) is 66.3 Å². The van der Waals surface area contributed by atoms with Gasteiger partial charge in [-0.3, -0.25) is 0 Å². The average Bonchev–Trinajstić information content (AvgIpc) is 3.10. The lowest BCUT2D eigenvalue weighted by molar-refractivity contribution is 0.273. The van der Waals surface area contributed by atoms with Gasteiger partial charge in [0.1, 0.15) is 0 Å². The van der Waals surface area contributed by atoms with Crippen molar-refractivity contribution in [1.82, 2.24) is 4.72 Å². The highest BCUT2D eigenvalue weighted by molar-refractivity contribution is 7.89. The molecule has 0 aliphatic carbocycles. The Kier molecular flexibility index (Phi) is 7.37. The van der Waals surface area contributed by atoms with Crippen LogP contribution in [0.5, 0.6) is 5.75 Å². The van der Waals surface area contributed by atoms with Crippen LogP contribution in [0, 0.1) is 5.82 Å². The fourth-order valence-electron chi connectivity index (χ4n) is 2.51. The van der Waals surface area contributed by atoms with Gasteiger partial charge in [-0.15, -0.1) is 0 Å². The molecule has 138 valence electrons. The third-order valence-electron chi connectivity index (χ3n) is 3.79. The minimum absolute atomic E-state index is 0.0296. The highest BCUT2D eigenvalue weighted by Crippen LogP contribution is 2.25. The van der Waals surface area contributed by atoms with Crippen LogP contribution in [0.1, 0.15) is 31.2 Å². The maximum Gasteiger partial charge on any atom is 0.240 e. The number of aliphatic hydroxyl groups is 1. The topological polar surface area (TPSA) is 75.6 Å². The summed E-state index contributed by atoms with van der Waals surface area (Å²) >= 11 is 1.56. The fourth-order valence-corrected chi connectivity index (χ4v) is 4.31. The Morgan fingerprint density at radius 3 is 2.72 bits per heavy atom. The molecule has 0 aliphatic heterocycles. The highest BCUT2D eigenvalue weighted by atomic mass is 32.2. The van der Waals surface area contributed by atoms with E-state index in [0.717, 1.165) is 11.6 Å². The molecule has 2 rings (SSSR count). The van der Waals surface area contributed by atoms with E-state index in [-0.39, 0.29) is 29.7 Å². The predicted molar refractivity (Wildman–Crippen MR) is 96.1 cm³/mol. The molecule has 25 heavy (non-hydrogen) atoms. The van der Waals surface area contributed by atoms with Crippen LogP contribution in [-0.4, -0.2) is 33.3 Å². The van der Waals surface area contributed by atoms with Gasteiger partial charge in [-0.25, -0.2) is 17.5 Å². The lowest BCUT2D eigenvalue weighted by atomic mass is 9.95. The third kappa shape index (κ3) is 5.50. The van der Waals surface area contributed by atoms with Crippen LogP contribution in [0.4, 0.5) is 4.39 Å². The molecule has 0 amide bonds. The zero-order valence-corrected chi connectivity index (χ0v) is 15.6. The van der Waals surface area contributed by atoms with E-state index in [0.29, 0.717) is 19.4 Å². The average molecular weight is 387 g/mol. The number of sulfonamides is 1. The van der Waals surface area contributed by atoms with Crippen molar-refractivity contribution >= 4 is 21.4 Å². The van der Waals surface area contributed by atoms with E-state index in [2.05, 4.69) is 4.72 Å². The Labute approximate surface area is 151 Å². The Balaban J connectivity index is 2.00. The number of hydrogen-bond donors (Lipinski definition) is 2. The Hall–Kier alpha value is -1.48. The van der Waals surface area contributed by atoms with E-state index in [1.807, 2.05) is 16.8 Å². The van der Waals surface area contributed by atoms with Crippen LogP contribution < -0.4 is 9.46 Å². The van der Waals surface area contributed by atoms with Crippen LogP contribution in [0.3, 0.4) is 0 Å². The number of thiophene rings is 1. The lowest BCUT2D eigenvalue weighted by Gasteiger charge is -2.15. The summed E-state index contributed by atoms with van der Waals surface area (Å²) in [5.41, 5.74) is 1.09. The first-order chi connectivity index (χ1) is 12.0. The minimum atomic E-state index is -3.80. The standard InChI is InChI=1S/C17H22FNO4S2/c1-2-23-17-4-3-15(11-16(17)18)25(21,22)19-8-5-13(6-9-20)14-7-10-24-12-14/h3-4,7,10-13,19-20H,2,5-6,8-9H2,1H3/t13-/m0/s1. The molecule has 0 fully saturated rings. The largest absolute Gasteiger partial charge is 0.491 e.